The summed E-state index contributed by atoms with van der Waals surface area (Å²) in [7, 11) is 0. The van der Waals surface area contributed by atoms with Crippen molar-refractivity contribution in [1.29, 1.82) is 0 Å². The fourth-order valence-electron chi connectivity index (χ4n) is 4.07. The predicted molar refractivity (Wildman–Crippen MR) is 102 cm³/mol. The number of hydrogen-bond acceptors (Lipinski definition) is 2. The third-order valence-corrected chi connectivity index (χ3v) is 5.65. The van der Waals surface area contributed by atoms with Crippen LogP contribution in [0.4, 0.5) is 0 Å². The molecule has 1 unspecified atom stereocenters. The Balaban J connectivity index is 0.00000208. The molecule has 1 aromatic rings. The van der Waals surface area contributed by atoms with Gasteiger partial charge in [-0.3, -0.25) is 4.79 Å². The van der Waals surface area contributed by atoms with Crippen LogP contribution >= 0.6 is 12.4 Å². The number of carbonyl (C=O) groups is 1. The van der Waals surface area contributed by atoms with E-state index in [2.05, 4.69) is 41.0 Å². The Morgan fingerprint density at radius 3 is 2.46 bits per heavy atom. The van der Waals surface area contributed by atoms with Crippen LogP contribution in [0, 0.1) is 11.8 Å². The molecule has 1 aliphatic carbocycles. The Bertz CT molecular complexity index is 480. The summed E-state index contributed by atoms with van der Waals surface area (Å²) >= 11 is 0. The van der Waals surface area contributed by atoms with Crippen molar-refractivity contribution in [1.82, 2.24) is 10.6 Å². The lowest BCUT2D eigenvalue weighted by Crippen LogP contribution is -2.31. The molecule has 24 heavy (non-hydrogen) atoms. The van der Waals surface area contributed by atoms with E-state index in [1.165, 1.54) is 37.7 Å². The van der Waals surface area contributed by atoms with Crippen LogP contribution in [0.5, 0.6) is 0 Å². The van der Waals surface area contributed by atoms with Crippen molar-refractivity contribution in [2.75, 3.05) is 19.6 Å². The molecule has 2 fully saturated rings. The minimum atomic E-state index is 0. The zero-order valence-corrected chi connectivity index (χ0v) is 15.3. The van der Waals surface area contributed by atoms with E-state index in [0.717, 1.165) is 32.0 Å². The van der Waals surface area contributed by atoms with E-state index in [1.54, 1.807) is 0 Å². The van der Waals surface area contributed by atoms with Crippen molar-refractivity contribution in [3.8, 4) is 0 Å². The van der Waals surface area contributed by atoms with Crippen LogP contribution in [-0.2, 0) is 4.79 Å². The molecule has 0 spiro atoms. The van der Waals surface area contributed by atoms with Gasteiger partial charge in [-0.05, 0) is 74.9 Å². The Morgan fingerprint density at radius 1 is 1.04 bits per heavy atom. The highest BCUT2D eigenvalue weighted by molar-refractivity contribution is 5.85. The summed E-state index contributed by atoms with van der Waals surface area (Å²) < 4.78 is 0. The van der Waals surface area contributed by atoms with E-state index in [4.69, 9.17) is 0 Å². The van der Waals surface area contributed by atoms with Gasteiger partial charge in [0.2, 0.25) is 5.91 Å². The van der Waals surface area contributed by atoms with Crippen LogP contribution in [0.15, 0.2) is 30.3 Å². The van der Waals surface area contributed by atoms with E-state index in [1.807, 2.05) is 0 Å². The standard InChI is InChI=1S/C20H30N2O.ClH/c23-20(11-8-17-12-13-21-14-17)22-15-16-6-9-19(10-7-16)18-4-2-1-3-5-18;/h1-5,16-17,19,21H,6-15H2,(H,22,23);1H. The van der Waals surface area contributed by atoms with E-state index in [0.29, 0.717) is 18.3 Å². The number of carbonyl (C=O) groups excluding carboxylic acids is 1. The molecule has 2 N–H and O–H groups in total. The van der Waals surface area contributed by atoms with Gasteiger partial charge in [0.15, 0.2) is 0 Å². The van der Waals surface area contributed by atoms with E-state index in [-0.39, 0.29) is 18.3 Å². The number of halogens is 1. The molecule has 3 rings (SSSR count). The molecule has 1 atom stereocenters. The van der Waals surface area contributed by atoms with Crippen LogP contribution in [0.2, 0.25) is 0 Å². The molecule has 0 aromatic heterocycles. The maximum atomic E-state index is 12.0. The molecular weight excluding hydrogens is 320 g/mol. The first-order valence-electron chi connectivity index (χ1n) is 9.33. The lowest BCUT2D eigenvalue weighted by Gasteiger charge is -2.29. The van der Waals surface area contributed by atoms with Crippen molar-refractivity contribution in [3.63, 3.8) is 0 Å². The van der Waals surface area contributed by atoms with Crippen LogP contribution in [0.25, 0.3) is 0 Å². The number of rotatable bonds is 6. The summed E-state index contributed by atoms with van der Waals surface area (Å²) in [5.41, 5.74) is 1.49. The maximum absolute atomic E-state index is 12.0. The second-order valence-corrected chi connectivity index (χ2v) is 7.33. The van der Waals surface area contributed by atoms with Crippen molar-refractivity contribution in [3.05, 3.63) is 35.9 Å². The van der Waals surface area contributed by atoms with Crippen LogP contribution < -0.4 is 10.6 Å². The van der Waals surface area contributed by atoms with Gasteiger partial charge in [0.25, 0.3) is 0 Å². The van der Waals surface area contributed by atoms with Gasteiger partial charge in [-0.1, -0.05) is 30.3 Å². The molecular formula is C20H31ClN2O. The Labute approximate surface area is 152 Å². The molecule has 1 saturated heterocycles. The van der Waals surface area contributed by atoms with Crippen molar-refractivity contribution < 1.29 is 4.79 Å². The smallest absolute Gasteiger partial charge is 0.220 e. The van der Waals surface area contributed by atoms with Crippen molar-refractivity contribution in [2.45, 2.75) is 50.9 Å². The molecule has 0 bridgehead atoms. The predicted octanol–water partition coefficient (Wildman–Crippen LogP) is 3.89. The van der Waals surface area contributed by atoms with E-state index >= 15 is 0 Å². The highest BCUT2D eigenvalue weighted by Gasteiger charge is 2.22. The van der Waals surface area contributed by atoms with E-state index < -0.39 is 0 Å². The summed E-state index contributed by atoms with van der Waals surface area (Å²) in [6.45, 7) is 3.09. The summed E-state index contributed by atoms with van der Waals surface area (Å²) in [6.07, 6.45) is 7.98. The van der Waals surface area contributed by atoms with Crippen molar-refractivity contribution in [2.24, 2.45) is 11.8 Å². The first kappa shape index (κ1) is 19.3. The Hall–Kier alpha value is -1.06. The van der Waals surface area contributed by atoms with Gasteiger partial charge in [0.05, 0.1) is 0 Å². The minimum Gasteiger partial charge on any atom is -0.356 e. The monoisotopic (exact) mass is 350 g/mol. The largest absolute Gasteiger partial charge is 0.356 e. The minimum absolute atomic E-state index is 0. The van der Waals surface area contributed by atoms with Crippen LogP contribution in [-0.4, -0.2) is 25.5 Å². The van der Waals surface area contributed by atoms with Gasteiger partial charge in [-0.25, -0.2) is 0 Å². The molecule has 134 valence electrons. The summed E-state index contributed by atoms with van der Waals surface area (Å²) in [4.78, 5) is 12.0. The number of nitrogens with one attached hydrogen (secondary N) is 2. The van der Waals surface area contributed by atoms with Crippen LogP contribution in [0.3, 0.4) is 0 Å². The van der Waals surface area contributed by atoms with Gasteiger partial charge in [0.1, 0.15) is 0 Å². The molecule has 2 aliphatic rings. The highest BCUT2D eigenvalue weighted by atomic mass is 35.5. The van der Waals surface area contributed by atoms with Gasteiger partial charge in [0, 0.05) is 13.0 Å². The topological polar surface area (TPSA) is 41.1 Å². The normalized spacial score (nSPS) is 26.6. The molecule has 1 heterocycles. The zero-order valence-electron chi connectivity index (χ0n) is 14.5. The summed E-state index contributed by atoms with van der Waals surface area (Å²) in [5.74, 6) is 2.36. The van der Waals surface area contributed by atoms with Gasteiger partial charge < -0.3 is 10.6 Å². The lowest BCUT2D eigenvalue weighted by atomic mass is 9.79. The maximum Gasteiger partial charge on any atom is 0.220 e. The SMILES string of the molecule is Cl.O=C(CCC1CCNC1)NCC1CCC(c2ccccc2)CC1. The van der Waals surface area contributed by atoms with Crippen molar-refractivity contribution >= 4 is 18.3 Å². The molecule has 1 saturated carbocycles. The molecule has 1 amide bonds. The fourth-order valence-corrected chi connectivity index (χ4v) is 4.07. The van der Waals surface area contributed by atoms with E-state index in [9.17, 15) is 4.79 Å². The first-order valence-corrected chi connectivity index (χ1v) is 9.33. The van der Waals surface area contributed by atoms with Gasteiger partial charge in [-0.15, -0.1) is 12.4 Å². The molecule has 1 aliphatic heterocycles. The number of benzene rings is 1. The molecule has 4 heteroatoms. The Morgan fingerprint density at radius 2 is 1.79 bits per heavy atom. The number of amides is 1. The second-order valence-electron chi connectivity index (χ2n) is 7.33. The third-order valence-electron chi connectivity index (χ3n) is 5.65. The van der Waals surface area contributed by atoms with Gasteiger partial charge >= 0.3 is 0 Å². The quantitative estimate of drug-likeness (QED) is 0.817. The highest BCUT2D eigenvalue weighted by Crippen LogP contribution is 2.35. The van der Waals surface area contributed by atoms with Crippen LogP contribution in [0.1, 0.15) is 56.4 Å². The summed E-state index contributed by atoms with van der Waals surface area (Å²) in [6, 6.07) is 10.9. The summed E-state index contributed by atoms with van der Waals surface area (Å²) in [5, 5.41) is 6.54. The number of hydrogen-bond donors (Lipinski definition) is 2. The second kappa shape index (κ2) is 10.0. The average molecular weight is 351 g/mol. The Kier molecular flexibility index (Phi) is 8.07. The average Bonchev–Trinajstić information content (AvgIpc) is 3.13. The zero-order chi connectivity index (χ0) is 15.9. The lowest BCUT2D eigenvalue weighted by molar-refractivity contribution is -0.121. The van der Waals surface area contributed by atoms with Gasteiger partial charge in [-0.2, -0.15) is 0 Å². The molecule has 1 aromatic carbocycles. The fraction of sp³-hybridized carbons (Fsp3) is 0.650. The molecule has 0 radical (unpaired) electrons. The molecule has 3 nitrogen and oxygen atoms in total. The third kappa shape index (κ3) is 5.78. The first-order chi connectivity index (χ1) is 11.3.